The SMILES string of the molecule is C=CCC1=C(C)[C@@H](OC(=O)/C=C/c2ccccc2)CC1=O. The average Bonchev–Trinajstić information content (AvgIpc) is 2.74. The lowest BCUT2D eigenvalue weighted by atomic mass is 10.1. The highest BCUT2D eigenvalue weighted by molar-refractivity contribution is 6.00. The Hall–Kier alpha value is -2.42. The van der Waals surface area contributed by atoms with Gasteiger partial charge in [-0.15, -0.1) is 6.58 Å². The topological polar surface area (TPSA) is 43.4 Å². The number of carbonyl (C=O) groups is 2. The molecule has 0 spiro atoms. The first-order chi connectivity index (χ1) is 10.1. The minimum absolute atomic E-state index is 0.0391. The van der Waals surface area contributed by atoms with Crippen LogP contribution in [-0.4, -0.2) is 17.9 Å². The van der Waals surface area contributed by atoms with Crippen molar-refractivity contribution in [3.63, 3.8) is 0 Å². The molecule has 1 aromatic carbocycles. The van der Waals surface area contributed by atoms with Crippen LogP contribution in [0, 0.1) is 0 Å². The van der Waals surface area contributed by atoms with E-state index in [4.69, 9.17) is 4.74 Å². The lowest BCUT2D eigenvalue weighted by molar-refractivity contribution is -0.141. The summed E-state index contributed by atoms with van der Waals surface area (Å²) in [6, 6.07) is 9.51. The Balaban J connectivity index is 1.99. The van der Waals surface area contributed by atoms with Crippen LogP contribution < -0.4 is 0 Å². The van der Waals surface area contributed by atoms with Crippen LogP contribution in [0.2, 0.25) is 0 Å². The van der Waals surface area contributed by atoms with E-state index >= 15 is 0 Å². The van der Waals surface area contributed by atoms with Crippen LogP contribution in [0.4, 0.5) is 0 Å². The third-order valence-corrected chi connectivity index (χ3v) is 3.48. The second-order valence-electron chi connectivity index (χ2n) is 4.95. The van der Waals surface area contributed by atoms with Crippen LogP contribution in [0.3, 0.4) is 0 Å². The summed E-state index contributed by atoms with van der Waals surface area (Å²) in [6.45, 7) is 5.47. The second-order valence-corrected chi connectivity index (χ2v) is 4.95. The van der Waals surface area contributed by atoms with E-state index in [1.165, 1.54) is 6.08 Å². The highest BCUT2D eigenvalue weighted by Crippen LogP contribution is 2.28. The number of benzene rings is 1. The highest BCUT2D eigenvalue weighted by atomic mass is 16.5. The summed E-state index contributed by atoms with van der Waals surface area (Å²) < 4.78 is 5.35. The third-order valence-electron chi connectivity index (χ3n) is 3.48. The summed E-state index contributed by atoms with van der Waals surface area (Å²) in [5, 5.41) is 0. The molecule has 108 valence electrons. The van der Waals surface area contributed by atoms with Gasteiger partial charge in [0.15, 0.2) is 5.78 Å². The Labute approximate surface area is 124 Å². The van der Waals surface area contributed by atoms with Gasteiger partial charge in [-0.25, -0.2) is 4.79 Å². The number of allylic oxidation sites excluding steroid dienone is 2. The smallest absolute Gasteiger partial charge is 0.331 e. The summed E-state index contributed by atoms with van der Waals surface area (Å²) in [7, 11) is 0. The summed E-state index contributed by atoms with van der Waals surface area (Å²) >= 11 is 0. The zero-order valence-corrected chi connectivity index (χ0v) is 12.0. The molecule has 0 saturated heterocycles. The molecular weight excluding hydrogens is 264 g/mol. The van der Waals surface area contributed by atoms with Crippen LogP contribution in [0.1, 0.15) is 25.3 Å². The molecule has 0 unspecified atom stereocenters. The first-order valence-corrected chi connectivity index (χ1v) is 6.89. The summed E-state index contributed by atoms with van der Waals surface area (Å²) in [5.41, 5.74) is 2.48. The molecule has 0 fully saturated rings. The van der Waals surface area contributed by atoms with Crippen LogP contribution >= 0.6 is 0 Å². The van der Waals surface area contributed by atoms with Crippen molar-refractivity contribution in [2.45, 2.75) is 25.9 Å². The number of hydrogen-bond acceptors (Lipinski definition) is 3. The molecule has 0 aromatic heterocycles. The number of Topliss-reactive ketones (excluding diaryl/α,β-unsaturated/α-hetero) is 1. The van der Waals surface area contributed by atoms with Gasteiger partial charge in [0.25, 0.3) is 0 Å². The molecule has 1 atom stereocenters. The monoisotopic (exact) mass is 282 g/mol. The number of ketones is 1. The van der Waals surface area contributed by atoms with Gasteiger partial charge in [0.05, 0.1) is 6.42 Å². The van der Waals surface area contributed by atoms with Crippen molar-refractivity contribution < 1.29 is 14.3 Å². The van der Waals surface area contributed by atoms with Crippen molar-refractivity contribution in [3.05, 3.63) is 65.8 Å². The van der Waals surface area contributed by atoms with Crippen molar-refractivity contribution in [2.75, 3.05) is 0 Å². The van der Waals surface area contributed by atoms with Crippen molar-refractivity contribution in [1.29, 1.82) is 0 Å². The fourth-order valence-corrected chi connectivity index (χ4v) is 2.32. The maximum Gasteiger partial charge on any atom is 0.331 e. The van der Waals surface area contributed by atoms with E-state index in [0.717, 1.165) is 16.7 Å². The second kappa shape index (κ2) is 6.84. The summed E-state index contributed by atoms with van der Waals surface area (Å²) in [4.78, 5) is 23.7. The Kier molecular flexibility index (Phi) is 4.88. The largest absolute Gasteiger partial charge is 0.454 e. The fraction of sp³-hybridized carbons (Fsp3) is 0.222. The maximum atomic E-state index is 11.8. The van der Waals surface area contributed by atoms with E-state index in [-0.39, 0.29) is 12.2 Å². The number of rotatable bonds is 5. The average molecular weight is 282 g/mol. The van der Waals surface area contributed by atoms with E-state index in [1.54, 1.807) is 12.2 Å². The molecule has 2 rings (SSSR count). The van der Waals surface area contributed by atoms with Gasteiger partial charge >= 0.3 is 5.97 Å². The molecule has 3 nitrogen and oxygen atoms in total. The van der Waals surface area contributed by atoms with Gasteiger partial charge in [-0.1, -0.05) is 36.4 Å². The molecule has 0 bridgehead atoms. The van der Waals surface area contributed by atoms with Crippen LogP contribution in [0.25, 0.3) is 6.08 Å². The fourth-order valence-electron chi connectivity index (χ4n) is 2.32. The molecule has 3 heteroatoms. The first kappa shape index (κ1) is 15.0. The third kappa shape index (κ3) is 3.78. The van der Waals surface area contributed by atoms with Crippen molar-refractivity contribution in [2.24, 2.45) is 0 Å². The minimum atomic E-state index is -0.444. The lowest BCUT2D eigenvalue weighted by Crippen LogP contribution is -2.16. The predicted octanol–water partition coefficient (Wildman–Crippen LogP) is 3.48. The van der Waals surface area contributed by atoms with E-state index in [9.17, 15) is 9.59 Å². The lowest BCUT2D eigenvalue weighted by Gasteiger charge is -2.11. The Morgan fingerprint density at radius 2 is 2.10 bits per heavy atom. The summed E-state index contributed by atoms with van der Waals surface area (Å²) in [6.07, 6.45) is 5.09. The Bertz CT molecular complexity index is 609. The van der Waals surface area contributed by atoms with Gasteiger partial charge in [0.1, 0.15) is 6.10 Å². The minimum Gasteiger partial charge on any atom is -0.454 e. The van der Waals surface area contributed by atoms with Gasteiger partial charge in [-0.2, -0.15) is 0 Å². The van der Waals surface area contributed by atoms with E-state index in [1.807, 2.05) is 37.3 Å². The standard InChI is InChI=1S/C18H18O3/c1-3-7-15-13(2)17(12-16(15)19)21-18(20)11-10-14-8-5-4-6-9-14/h3-6,8-11,17H,1,7,12H2,2H3/b11-10+/t17-/m0/s1. The number of esters is 1. The molecule has 21 heavy (non-hydrogen) atoms. The molecule has 1 aromatic rings. The number of carbonyl (C=O) groups excluding carboxylic acids is 2. The molecule has 1 aliphatic carbocycles. The van der Waals surface area contributed by atoms with Gasteiger partial charge in [-0.3, -0.25) is 4.79 Å². The van der Waals surface area contributed by atoms with Crippen molar-refractivity contribution in [1.82, 2.24) is 0 Å². The van der Waals surface area contributed by atoms with E-state index in [0.29, 0.717) is 6.42 Å². The normalized spacial score (nSPS) is 18.3. The molecule has 0 aliphatic heterocycles. The quantitative estimate of drug-likeness (QED) is 0.472. The molecule has 1 aliphatic rings. The van der Waals surface area contributed by atoms with Crippen molar-refractivity contribution in [3.8, 4) is 0 Å². The molecule has 0 heterocycles. The highest BCUT2D eigenvalue weighted by Gasteiger charge is 2.30. The number of ether oxygens (including phenoxy) is 1. The van der Waals surface area contributed by atoms with E-state index in [2.05, 4.69) is 6.58 Å². The zero-order chi connectivity index (χ0) is 15.2. The number of hydrogen-bond donors (Lipinski definition) is 0. The van der Waals surface area contributed by atoms with E-state index < -0.39 is 12.1 Å². The molecule has 0 amide bonds. The Morgan fingerprint density at radius 1 is 1.38 bits per heavy atom. The first-order valence-electron chi connectivity index (χ1n) is 6.89. The van der Waals surface area contributed by atoms with Gasteiger partial charge < -0.3 is 4.74 Å². The van der Waals surface area contributed by atoms with Crippen LogP contribution in [-0.2, 0) is 14.3 Å². The molecular formula is C18H18O3. The summed E-state index contributed by atoms with van der Waals surface area (Å²) in [5.74, 6) is -0.395. The van der Waals surface area contributed by atoms with Gasteiger partial charge in [0.2, 0.25) is 0 Å². The molecule has 0 N–H and O–H groups in total. The Morgan fingerprint density at radius 3 is 2.76 bits per heavy atom. The van der Waals surface area contributed by atoms with Gasteiger partial charge in [-0.05, 0) is 30.6 Å². The molecule has 0 saturated carbocycles. The van der Waals surface area contributed by atoms with Gasteiger partial charge in [0, 0.05) is 11.6 Å². The van der Waals surface area contributed by atoms with Crippen molar-refractivity contribution >= 4 is 17.8 Å². The maximum absolute atomic E-state index is 11.8. The zero-order valence-electron chi connectivity index (χ0n) is 12.0. The molecule has 0 radical (unpaired) electrons. The van der Waals surface area contributed by atoms with Crippen LogP contribution in [0.15, 0.2) is 60.2 Å². The van der Waals surface area contributed by atoms with Crippen LogP contribution in [0.5, 0.6) is 0 Å². The predicted molar refractivity (Wildman–Crippen MR) is 82.5 cm³/mol.